The number of nitrogens with two attached hydrogens (primary N) is 1. The van der Waals surface area contributed by atoms with Crippen molar-refractivity contribution in [1.29, 1.82) is 0 Å². The summed E-state index contributed by atoms with van der Waals surface area (Å²) in [7, 11) is 2.01. The number of aromatic nitrogens is 2. The van der Waals surface area contributed by atoms with Crippen LogP contribution in [0.15, 0.2) is 6.07 Å². The number of likely N-dealkylation sites (N-methyl/N-ethyl adjacent to an activating group) is 1. The highest BCUT2D eigenvalue weighted by atomic mass is 16.5. The van der Waals surface area contributed by atoms with E-state index in [2.05, 4.69) is 27.2 Å². The molecule has 112 valence electrons. The first-order chi connectivity index (χ1) is 9.72. The average molecular weight is 279 g/mol. The summed E-state index contributed by atoms with van der Waals surface area (Å²) < 4.78 is 5.66. The van der Waals surface area contributed by atoms with Gasteiger partial charge in [0.25, 0.3) is 0 Å². The van der Waals surface area contributed by atoms with Gasteiger partial charge in [0, 0.05) is 32.7 Å². The lowest BCUT2D eigenvalue weighted by Gasteiger charge is -2.19. The van der Waals surface area contributed by atoms with Gasteiger partial charge < -0.3 is 15.1 Å². The van der Waals surface area contributed by atoms with Crippen molar-refractivity contribution in [2.24, 2.45) is 11.8 Å². The zero-order valence-electron chi connectivity index (χ0n) is 12.4. The van der Waals surface area contributed by atoms with Crippen LogP contribution in [0.2, 0.25) is 0 Å². The Morgan fingerprint density at radius 3 is 2.90 bits per heavy atom. The van der Waals surface area contributed by atoms with Gasteiger partial charge >= 0.3 is 0 Å². The van der Waals surface area contributed by atoms with E-state index in [1.165, 1.54) is 12.8 Å². The van der Waals surface area contributed by atoms with Crippen molar-refractivity contribution in [3.05, 3.63) is 11.9 Å². The minimum atomic E-state index is 0.657. The molecule has 0 spiro atoms. The number of aryl methyl sites for hydroxylation is 1. The van der Waals surface area contributed by atoms with Crippen molar-refractivity contribution in [2.75, 3.05) is 37.1 Å². The van der Waals surface area contributed by atoms with Crippen LogP contribution < -0.4 is 16.2 Å². The fourth-order valence-corrected chi connectivity index (χ4v) is 1.94. The summed E-state index contributed by atoms with van der Waals surface area (Å²) in [5.74, 6) is 8.63. The summed E-state index contributed by atoms with van der Waals surface area (Å²) in [6, 6.07) is 1.86. The Morgan fingerprint density at radius 1 is 1.45 bits per heavy atom. The van der Waals surface area contributed by atoms with Crippen LogP contribution in [0.1, 0.15) is 32.0 Å². The maximum Gasteiger partial charge on any atom is 0.145 e. The molecule has 0 amide bonds. The van der Waals surface area contributed by atoms with Gasteiger partial charge in [0.1, 0.15) is 17.5 Å². The zero-order chi connectivity index (χ0) is 14.4. The molecule has 0 unspecified atom stereocenters. The van der Waals surface area contributed by atoms with Crippen molar-refractivity contribution in [3.63, 3.8) is 0 Å². The van der Waals surface area contributed by atoms with Crippen LogP contribution in [-0.2, 0) is 11.2 Å². The molecule has 1 saturated carbocycles. The lowest BCUT2D eigenvalue weighted by Crippen LogP contribution is -2.25. The predicted octanol–water partition coefficient (Wildman–Crippen LogP) is 1.58. The summed E-state index contributed by atoms with van der Waals surface area (Å²) in [6.45, 7) is 4.56. The summed E-state index contributed by atoms with van der Waals surface area (Å²) >= 11 is 0. The third-order valence-corrected chi connectivity index (χ3v) is 3.39. The maximum absolute atomic E-state index is 5.66. The van der Waals surface area contributed by atoms with Gasteiger partial charge in [-0.25, -0.2) is 15.8 Å². The molecule has 1 heterocycles. The van der Waals surface area contributed by atoms with Gasteiger partial charge in [-0.15, -0.1) is 0 Å². The number of ether oxygens (including phenoxy) is 1. The molecule has 0 saturated heterocycles. The van der Waals surface area contributed by atoms with E-state index in [1.54, 1.807) is 0 Å². The molecule has 3 N–H and O–H groups in total. The van der Waals surface area contributed by atoms with Gasteiger partial charge in [-0.1, -0.05) is 6.92 Å². The number of rotatable bonds is 9. The Hall–Kier alpha value is -1.40. The second-order valence-electron chi connectivity index (χ2n) is 5.36. The molecule has 1 aromatic rings. The van der Waals surface area contributed by atoms with Crippen LogP contribution in [-0.4, -0.2) is 36.8 Å². The molecule has 0 bridgehead atoms. The number of nitrogens with one attached hydrogen (secondary N) is 1. The molecule has 1 fully saturated rings. The van der Waals surface area contributed by atoms with Crippen LogP contribution in [0, 0.1) is 5.92 Å². The van der Waals surface area contributed by atoms with Crippen molar-refractivity contribution in [2.45, 2.75) is 32.6 Å². The first-order valence-electron chi connectivity index (χ1n) is 7.36. The highest BCUT2D eigenvalue weighted by Gasteiger charge is 2.21. The Bertz CT molecular complexity index is 422. The van der Waals surface area contributed by atoms with Gasteiger partial charge in [0.2, 0.25) is 0 Å². The van der Waals surface area contributed by atoms with E-state index in [4.69, 9.17) is 10.6 Å². The molecular weight excluding hydrogens is 254 g/mol. The first kappa shape index (κ1) is 15.0. The minimum absolute atomic E-state index is 0.657. The third-order valence-electron chi connectivity index (χ3n) is 3.39. The van der Waals surface area contributed by atoms with E-state index < -0.39 is 0 Å². The number of hydrogen-bond acceptors (Lipinski definition) is 6. The lowest BCUT2D eigenvalue weighted by atomic mass is 10.3. The molecule has 0 aliphatic heterocycles. The molecule has 1 aliphatic carbocycles. The summed E-state index contributed by atoms with van der Waals surface area (Å²) in [4.78, 5) is 11.0. The largest absolute Gasteiger partial charge is 0.379 e. The van der Waals surface area contributed by atoms with Gasteiger partial charge in [0.15, 0.2) is 0 Å². The third kappa shape index (κ3) is 4.61. The number of hydrogen-bond donors (Lipinski definition) is 2. The molecule has 6 nitrogen and oxygen atoms in total. The summed E-state index contributed by atoms with van der Waals surface area (Å²) in [5.41, 5.74) is 2.60. The zero-order valence-corrected chi connectivity index (χ0v) is 12.4. The summed E-state index contributed by atoms with van der Waals surface area (Å²) in [5, 5.41) is 0. The second-order valence-corrected chi connectivity index (χ2v) is 5.36. The van der Waals surface area contributed by atoms with Crippen LogP contribution in [0.5, 0.6) is 0 Å². The van der Waals surface area contributed by atoms with Crippen LogP contribution in [0.25, 0.3) is 0 Å². The smallest absolute Gasteiger partial charge is 0.145 e. The molecule has 20 heavy (non-hydrogen) atoms. The maximum atomic E-state index is 5.66. The highest BCUT2D eigenvalue weighted by molar-refractivity contribution is 5.48. The standard InChI is InChI=1S/C14H25N5O/c1-3-4-12-16-13(18-15)9-14(17-12)19(2)7-8-20-10-11-5-6-11/h9,11H,3-8,10,15H2,1-2H3,(H,16,17,18). The van der Waals surface area contributed by atoms with Crippen molar-refractivity contribution in [3.8, 4) is 0 Å². The molecule has 0 aromatic carbocycles. The Kier molecular flexibility index (Phi) is 5.55. The van der Waals surface area contributed by atoms with E-state index in [-0.39, 0.29) is 0 Å². The Labute approximate surface area is 120 Å². The van der Waals surface area contributed by atoms with E-state index >= 15 is 0 Å². The highest BCUT2D eigenvalue weighted by Crippen LogP contribution is 2.28. The second kappa shape index (κ2) is 7.40. The van der Waals surface area contributed by atoms with E-state index in [0.717, 1.165) is 50.2 Å². The Morgan fingerprint density at radius 2 is 2.25 bits per heavy atom. The number of nitrogens with zero attached hydrogens (tertiary/aromatic N) is 3. The fourth-order valence-electron chi connectivity index (χ4n) is 1.94. The minimum Gasteiger partial charge on any atom is -0.379 e. The van der Waals surface area contributed by atoms with Crippen molar-refractivity contribution >= 4 is 11.6 Å². The summed E-state index contributed by atoms with van der Waals surface area (Å²) in [6.07, 6.45) is 4.53. The van der Waals surface area contributed by atoms with Crippen molar-refractivity contribution < 1.29 is 4.74 Å². The average Bonchev–Trinajstić information content (AvgIpc) is 3.27. The van der Waals surface area contributed by atoms with Gasteiger partial charge in [0.05, 0.1) is 6.61 Å². The SMILES string of the molecule is CCCc1nc(NN)cc(N(C)CCOCC2CC2)n1. The predicted molar refractivity (Wildman–Crippen MR) is 80.7 cm³/mol. The molecule has 1 aromatic heterocycles. The van der Waals surface area contributed by atoms with Crippen LogP contribution >= 0.6 is 0 Å². The molecule has 6 heteroatoms. The lowest BCUT2D eigenvalue weighted by molar-refractivity contribution is 0.131. The Balaban J connectivity index is 1.88. The monoisotopic (exact) mass is 279 g/mol. The quantitative estimate of drug-likeness (QED) is 0.406. The fraction of sp³-hybridized carbons (Fsp3) is 0.714. The van der Waals surface area contributed by atoms with Gasteiger partial charge in [-0.05, 0) is 25.2 Å². The van der Waals surface area contributed by atoms with Crippen LogP contribution in [0.3, 0.4) is 0 Å². The van der Waals surface area contributed by atoms with E-state index in [0.29, 0.717) is 5.82 Å². The van der Waals surface area contributed by atoms with Gasteiger partial charge in [-0.3, -0.25) is 0 Å². The molecule has 2 rings (SSSR count). The molecule has 0 radical (unpaired) electrons. The van der Waals surface area contributed by atoms with Crippen LogP contribution in [0.4, 0.5) is 11.6 Å². The van der Waals surface area contributed by atoms with E-state index in [1.807, 2.05) is 13.1 Å². The number of anilines is 2. The topological polar surface area (TPSA) is 76.3 Å². The normalized spacial score (nSPS) is 14.3. The number of hydrazine groups is 1. The van der Waals surface area contributed by atoms with E-state index in [9.17, 15) is 0 Å². The molecular formula is C14H25N5O. The van der Waals surface area contributed by atoms with Gasteiger partial charge in [-0.2, -0.15) is 0 Å². The molecule has 1 aliphatic rings. The number of nitrogen functional groups attached to an aromatic ring is 1. The molecule has 0 atom stereocenters. The first-order valence-corrected chi connectivity index (χ1v) is 7.36. The van der Waals surface area contributed by atoms with Crippen molar-refractivity contribution in [1.82, 2.24) is 9.97 Å².